The fourth-order valence-corrected chi connectivity index (χ4v) is 1.41. The van der Waals surface area contributed by atoms with Crippen LogP contribution in [0.1, 0.15) is 11.5 Å². The Hall–Kier alpha value is -2.17. The predicted octanol–water partition coefficient (Wildman–Crippen LogP) is -0.404. The minimum Gasteiger partial charge on any atom is -0.423 e. The summed E-state index contributed by atoms with van der Waals surface area (Å²) in [7, 11) is -1.61. The molecule has 1 aromatic carbocycles. The first-order valence-corrected chi connectivity index (χ1v) is 4.82. The number of nitriles is 1. The van der Waals surface area contributed by atoms with Gasteiger partial charge in [-0.1, -0.05) is 6.07 Å². The molecule has 0 saturated heterocycles. The van der Waals surface area contributed by atoms with E-state index in [2.05, 4.69) is 10.2 Å². The molecule has 1 heterocycles. The monoisotopic (exact) mass is 229 g/mol. The summed E-state index contributed by atoms with van der Waals surface area (Å²) in [6.07, 6.45) is 0. The topological polar surface area (TPSA) is 103 Å². The van der Waals surface area contributed by atoms with Crippen LogP contribution in [0.3, 0.4) is 0 Å². The molecule has 0 fully saturated rings. The van der Waals surface area contributed by atoms with Gasteiger partial charge in [-0.2, -0.15) is 5.26 Å². The van der Waals surface area contributed by atoms with Gasteiger partial charge in [0.15, 0.2) is 0 Å². The van der Waals surface area contributed by atoms with Crippen molar-refractivity contribution in [3.8, 4) is 17.5 Å². The van der Waals surface area contributed by atoms with Crippen molar-refractivity contribution in [1.82, 2.24) is 10.2 Å². The van der Waals surface area contributed by atoms with E-state index in [-0.39, 0.29) is 16.9 Å². The lowest BCUT2D eigenvalue weighted by molar-refractivity contribution is 0.426. The number of rotatable bonds is 2. The van der Waals surface area contributed by atoms with E-state index in [4.69, 9.17) is 19.7 Å². The fourth-order valence-electron chi connectivity index (χ4n) is 1.41. The summed E-state index contributed by atoms with van der Waals surface area (Å²) in [5, 5.41) is 34.5. The van der Waals surface area contributed by atoms with Gasteiger partial charge in [-0.05, 0) is 17.6 Å². The second kappa shape index (κ2) is 4.37. The number of aryl methyl sites for hydroxylation is 1. The van der Waals surface area contributed by atoms with Crippen LogP contribution in [0.5, 0.6) is 0 Å². The highest BCUT2D eigenvalue weighted by Gasteiger charge is 2.16. The summed E-state index contributed by atoms with van der Waals surface area (Å²) >= 11 is 0. The number of aromatic nitrogens is 2. The summed E-state index contributed by atoms with van der Waals surface area (Å²) in [5.74, 6) is 0.633. The van der Waals surface area contributed by atoms with Gasteiger partial charge in [-0.3, -0.25) is 0 Å². The molecule has 0 unspecified atom stereocenters. The number of hydrogen-bond donors (Lipinski definition) is 2. The molecule has 7 heteroatoms. The third-order valence-corrected chi connectivity index (χ3v) is 2.22. The van der Waals surface area contributed by atoms with Gasteiger partial charge >= 0.3 is 7.12 Å². The second-order valence-corrected chi connectivity index (χ2v) is 3.42. The third-order valence-electron chi connectivity index (χ3n) is 2.22. The van der Waals surface area contributed by atoms with Crippen LogP contribution in [0.25, 0.3) is 11.5 Å². The Labute approximate surface area is 97.3 Å². The zero-order valence-corrected chi connectivity index (χ0v) is 8.95. The van der Waals surface area contributed by atoms with Gasteiger partial charge in [-0.25, -0.2) is 0 Å². The van der Waals surface area contributed by atoms with Crippen LogP contribution in [0.2, 0.25) is 0 Å². The van der Waals surface area contributed by atoms with Crippen LogP contribution < -0.4 is 5.46 Å². The lowest BCUT2D eigenvalue weighted by Gasteiger charge is -2.02. The van der Waals surface area contributed by atoms with Gasteiger partial charge < -0.3 is 14.5 Å². The summed E-state index contributed by atoms with van der Waals surface area (Å²) in [4.78, 5) is 0. The SMILES string of the molecule is Cc1nnc(-c2ccc(B(O)O)cc2C#N)o1. The molecule has 0 amide bonds. The number of benzene rings is 1. The van der Waals surface area contributed by atoms with Gasteiger partial charge in [0.05, 0.1) is 17.2 Å². The van der Waals surface area contributed by atoms with Crippen molar-refractivity contribution in [2.45, 2.75) is 6.92 Å². The fraction of sp³-hybridized carbons (Fsp3) is 0.100. The van der Waals surface area contributed by atoms with Crippen LogP contribution in [0, 0.1) is 18.3 Å². The predicted molar refractivity (Wildman–Crippen MR) is 59.0 cm³/mol. The number of hydrogen-bond acceptors (Lipinski definition) is 6. The van der Waals surface area contributed by atoms with E-state index in [0.29, 0.717) is 11.5 Å². The van der Waals surface area contributed by atoms with E-state index in [1.165, 1.54) is 12.1 Å². The van der Waals surface area contributed by atoms with Gasteiger partial charge in [0.2, 0.25) is 11.8 Å². The molecule has 2 N–H and O–H groups in total. The van der Waals surface area contributed by atoms with E-state index in [0.717, 1.165) is 0 Å². The molecule has 0 bridgehead atoms. The average Bonchev–Trinajstić information content (AvgIpc) is 2.74. The molecule has 2 aromatic rings. The summed E-state index contributed by atoms with van der Waals surface area (Å²) in [6, 6.07) is 6.35. The van der Waals surface area contributed by atoms with Crippen molar-refractivity contribution in [2.24, 2.45) is 0 Å². The molecule has 0 saturated carbocycles. The van der Waals surface area contributed by atoms with Gasteiger partial charge in [-0.15, -0.1) is 10.2 Å². The maximum absolute atomic E-state index is 9.00. The van der Waals surface area contributed by atoms with E-state index in [1.807, 2.05) is 6.07 Å². The minimum atomic E-state index is -1.61. The highest BCUT2D eigenvalue weighted by Crippen LogP contribution is 2.20. The number of nitrogens with zero attached hydrogens (tertiary/aromatic N) is 3. The van der Waals surface area contributed by atoms with E-state index in [9.17, 15) is 0 Å². The molecule has 0 aliphatic heterocycles. The average molecular weight is 229 g/mol. The third kappa shape index (κ3) is 2.18. The summed E-state index contributed by atoms with van der Waals surface area (Å²) in [5.41, 5.74) is 0.957. The Bertz CT molecular complexity index is 589. The molecule has 0 radical (unpaired) electrons. The Morgan fingerprint density at radius 1 is 1.35 bits per heavy atom. The first-order chi connectivity index (χ1) is 8.11. The first-order valence-electron chi connectivity index (χ1n) is 4.82. The Morgan fingerprint density at radius 3 is 2.65 bits per heavy atom. The molecule has 84 valence electrons. The van der Waals surface area contributed by atoms with Crippen LogP contribution >= 0.6 is 0 Å². The zero-order chi connectivity index (χ0) is 12.4. The van der Waals surface area contributed by atoms with Crippen molar-refractivity contribution in [2.75, 3.05) is 0 Å². The molecule has 0 atom stereocenters. The molecular formula is C10H8BN3O3. The van der Waals surface area contributed by atoms with Crippen molar-refractivity contribution >= 4 is 12.6 Å². The van der Waals surface area contributed by atoms with E-state index in [1.54, 1.807) is 13.0 Å². The summed E-state index contributed by atoms with van der Waals surface area (Å²) in [6.45, 7) is 1.65. The van der Waals surface area contributed by atoms with Crippen molar-refractivity contribution < 1.29 is 14.5 Å². The highest BCUT2D eigenvalue weighted by atomic mass is 16.4. The Balaban J connectivity index is 2.53. The molecule has 6 nitrogen and oxygen atoms in total. The first kappa shape index (κ1) is 11.3. The van der Waals surface area contributed by atoms with E-state index >= 15 is 0 Å². The molecule has 0 spiro atoms. The minimum absolute atomic E-state index is 0.234. The van der Waals surface area contributed by atoms with Crippen molar-refractivity contribution in [1.29, 1.82) is 5.26 Å². The van der Waals surface area contributed by atoms with Crippen molar-refractivity contribution in [3.05, 3.63) is 29.7 Å². The van der Waals surface area contributed by atoms with Gasteiger partial charge in [0, 0.05) is 6.92 Å². The second-order valence-electron chi connectivity index (χ2n) is 3.42. The van der Waals surface area contributed by atoms with Crippen LogP contribution in [0.4, 0.5) is 0 Å². The lowest BCUT2D eigenvalue weighted by Crippen LogP contribution is -2.29. The van der Waals surface area contributed by atoms with E-state index < -0.39 is 7.12 Å². The molecule has 17 heavy (non-hydrogen) atoms. The molecular weight excluding hydrogens is 221 g/mol. The quantitative estimate of drug-likeness (QED) is 0.679. The lowest BCUT2D eigenvalue weighted by atomic mass is 9.79. The van der Waals surface area contributed by atoms with Gasteiger partial charge in [0.25, 0.3) is 0 Å². The van der Waals surface area contributed by atoms with Crippen LogP contribution in [-0.4, -0.2) is 27.4 Å². The van der Waals surface area contributed by atoms with Crippen LogP contribution in [-0.2, 0) is 0 Å². The largest absolute Gasteiger partial charge is 0.488 e. The smallest absolute Gasteiger partial charge is 0.423 e. The molecule has 1 aromatic heterocycles. The summed E-state index contributed by atoms with van der Waals surface area (Å²) < 4.78 is 5.21. The Morgan fingerprint density at radius 2 is 2.12 bits per heavy atom. The standard InChI is InChI=1S/C10H8BN3O3/c1-6-13-14-10(17-6)9-3-2-8(11(15)16)4-7(9)5-12/h2-4,15-16H,1H3. The van der Waals surface area contributed by atoms with Crippen molar-refractivity contribution in [3.63, 3.8) is 0 Å². The normalized spacial score (nSPS) is 10.0. The Kier molecular flexibility index (Phi) is 2.91. The molecule has 2 rings (SSSR count). The maximum atomic E-state index is 9.00. The van der Waals surface area contributed by atoms with Gasteiger partial charge in [0.1, 0.15) is 0 Å². The maximum Gasteiger partial charge on any atom is 0.488 e. The molecule has 0 aliphatic carbocycles. The highest BCUT2D eigenvalue weighted by molar-refractivity contribution is 6.58. The zero-order valence-electron chi connectivity index (χ0n) is 8.95. The molecule has 0 aliphatic rings. The van der Waals surface area contributed by atoms with Crippen LogP contribution in [0.15, 0.2) is 22.6 Å².